The molecule has 2 rings (SSSR count). The van der Waals surface area contributed by atoms with Gasteiger partial charge in [0.15, 0.2) is 0 Å². The van der Waals surface area contributed by atoms with Crippen molar-refractivity contribution in [1.82, 2.24) is 4.90 Å². The van der Waals surface area contributed by atoms with Crippen molar-refractivity contribution in [3.8, 4) is 0 Å². The summed E-state index contributed by atoms with van der Waals surface area (Å²) in [5.74, 6) is -0.637. The van der Waals surface area contributed by atoms with E-state index in [9.17, 15) is 9.59 Å². The molecule has 2 aromatic rings. The zero-order chi connectivity index (χ0) is 18.2. The molecule has 0 aliphatic heterocycles. The number of carbonyl (C=O) groups is 2. The lowest BCUT2D eigenvalue weighted by Crippen LogP contribution is -2.37. The van der Waals surface area contributed by atoms with E-state index in [-0.39, 0.29) is 18.5 Å². The van der Waals surface area contributed by atoms with Crippen LogP contribution in [0.25, 0.3) is 0 Å². The molecule has 132 valence electrons. The van der Waals surface area contributed by atoms with Crippen molar-refractivity contribution >= 4 is 17.6 Å². The first-order valence-corrected chi connectivity index (χ1v) is 8.26. The average Bonchev–Trinajstić information content (AvgIpc) is 2.61. The third-order valence-electron chi connectivity index (χ3n) is 3.91. The second-order valence-electron chi connectivity index (χ2n) is 6.07. The fourth-order valence-electron chi connectivity index (χ4n) is 2.49. The summed E-state index contributed by atoms with van der Waals surface area (Å²) in [6.45, 7) is 5.03. The van der Waals surface area contributed by atoms with E-state index in [2.05, 4.69) is 24.1 Å². The Kier molecular flexibility index (Phi) is 6.71. The minimum absolute atomic E-state index is 0.166. The Morgan fingerprint density at radius 1 is 1.04 bits per heavy atom. The Bertz CT molecular complexity index is 714. The maximum absolute atomic E-state index is 12.5. The minimum Gasteiger partial charge on any atom is -0.465 e. The smallest absolute Gasteiger partial charge is 0.339 e. The highest BCUT2D eigenvalue weighted by molar-refractivity contribution is 6.01. The molecule has 0 aliphatic rings. The fraction of sp³-hybridized carbons (Fsp3) is 0.300. The number of anilines is 1. The Labute approximate surface area is 148 Å². The van der Waals surface area contributed by atoms with Gasteiger partial charge in [0.2, 0.25) is 5.91 Å². The number of nitrogens with zero attached hydrogens (tertiary/aromatic N) is 1. The number of carbonyl (C=O) groups excluding carboxylic acids is 2. The first-order chi connectivity index (χ1) is 12.0. The Morgan fingerprint density at radius 3 is 2.32 bits per heavy atom. The van der Waals surface area contributed by atoms with Gasteiger partial charge in [-0.05, 0) is 31.5 Å². The maximum atomic E-state index is 12.5. The minimum atomic E-state index is -0.471. The van der Waals surface area contributed by atoms with E-state index in [4.69, 9.17) is 4.74 Å². The molecular formula is C20H24N2O3. The summed E-state index contributed by atoms with van der Waals surface area (Å²) < 4.78 is 4.76. The van der Waals surface area contributed by atoms with E-state index in [1.165, 1.54) is 7.11 Å². The van der Waals surface area contributed by atoms with Gasteiger partial charge in [-0.15, -0.1) is 0 Å². The highest BCUT2D eigenvalue weighted by Gasteiger charge is 2.17. The third-order valence-corrected chi connectivity index (χ3v) is 3.91. The van der Waals surface area contributed by atoms with Gasteiger partial charge in [0.25, 0.3) is 0 Å². The summed E-state index contributed by atoms with van der Waals surface area (Å²) in [6, 6.07) is 17.1. The van der Waals surface area contributed by atoms with Gasteiger partial charge < -0.3 is 10.1 Å². The lowest BCUT2D eigenvalue weighted by atomic mass is 10.1. The van der Waals surface area contributed by atoms with Crippen molar-refractivity contribution in [2.45, 2.75) is 26.4 Å². The van der Waals surface area contributed by atoms with Gasteiger partial charge in [-0.2, -0.15) is 0 Å². The van der Waals surface area contributed by atoms with Crippen LogP contribution >= 0.6 is 0 Å². The van der Waals surface area contributed by atoms with Gasteiger partial charge >= 0.3 is 5.97 Å². The Balaban J connectivity index is 2.06. The largest absolute Gasteiger partial charge is 0.465 e. The highest BCUT2D eigenvalue weighted by atomic mass is 16.5. The van der Waals surface area contributed by atoms with Crippen LogP contribution < -0.4 is 5.32 Å². The molecule has 0 saturated carbocycles. The number of hydrogen-bond acceptors (Lipinski definition) is 4. The average molecular weight is 340 g/mol. The number of para-hydroxylation sites is 1. The summed E-state index contributed by atoms with van der Waals surface area (Å²) in [5, 5.41) is 2.82. The van der Waals surface area contributed by atoms with E-state index in [1.54, 1.807) is 24.3 Å². The molecule has 0 atom stereocenters. The maximum Gasteiger partial charge on any atom is 0.339 e. The second-order valence-corrected chi connectivity index (χ2v) is 6.07. The van der Waals surface area contributed by atoms with Crippen LogP contribution in [0.5, 0.6) is 0 Å². The van der Waals surface area contributed by atoms with E-state index >= 15 is 0 Å². The predicted molar refractivity (Wildman–Crippen MR) is 98.4 cm³/mol. The number of hydrogen-bond donors (Lipinski definition) is 1. The molecule has 25 heavy (non-hydrogen) atoms. The topological polar surface area (TPSA) is 58.6 Å². The van der Waals surface area contributed by atoms with Gasteiger partial charge in [-0.3, -0.25) is 9.69 Å². The van der Waals surface area contributed by atoms with E-state index in [1.807, 2.05) is 30.3 Å². The molecule has 0 bridgehead atoms. The van der Waals surface area contributed by atoms with E-state index in [0.29, 0.717) is 17.8 Å². The lowest BCUT2D eigenvalue weighted by molar-refractivity contribution is -0.117. The molecule has 0 spiro atoms. The molecular weight excluding hydrogens is 316 g/mol. The molecule has 0 aliphatic carbocycles. The number of rotatable bonds is 7. The number of ether oxygens (including phenoxy) is 1. The fourth-order valence-corrected chi connectivity index (χ4v) is 2.49. The first-order valence-electron chi connectivity index (χ1n) is 8.26. The van der Waals surface area contributed by atoms with Gasteiger partial charge in [-0.25, -0.2) is 4.79 Å². The number of methoxy groups -OCH3 is 1. The van der Waals surface area contributed by atoms with Gasteiger partial charge in [0.05, 0.1) is 24.9 Å². The molecule has 0 heterocycles. The monoisotopic (exact) mass is 340 g/mol. The molecule has 2 aromatic carbocycles. The molecule has 1 amide bonds. The van der Waals surface area contributed by atoms with Crippen LogP contribution in [0.15, 0.2) is 54.6 Å². The van der Waals surface area contributed by atoms with Crippen LogP contribution in [0, 0.1) is 0 Å². The zero-order valence-electron chi connectivity index (χ0n) is 14.9. The van der Waals surface area contributed by atoms with Gasteiger partial charge in [0.1, 0.15) is 0 Å². The summed E-state index contributed by atoms with van der Waals surface area (Å²) >= 11 is 0. The van der Waals surface area contributed by atoms with E-state index < -0.39 is 5.97 Å². The SMILES string of the molecule is COC(=O)c1ccccc1NC(=O)CN(Cc1ccccc1)C(C)C. The quantitative estimate of drug-likeness (QED) is 0.786. The van der Waals surface area contributed by atoms with Crippen LogP contribution in [0.2, 0.25) is 0 Å². The predicted octanol–water partition coefficient (Wildman–Crippen LogP) is 3.32. The highest BCUT2D eigenvalue weighted by Crippen LogP contribution is 2.16. The lowest BCUT2D eigenvalue weighted by Gasteiger charge is -2.26. The molecule has 5 nitrogen and oxygen atoms in total. The standard InChI is InChI=1S/C20H24N2O3/c1-15(2)22(13-16-9-5-4-6-10-16)14-19(23)21-18-12-8-7-11-17(18)20(24)25-3/h4-12,15H,13-14H2,1-3H3,(H,21,23). The number of amides is 1. The van der Waals surface area contributed by atoms with Crippen LogP contribution in [0.3, 0.4) is 0 Å². The molecule has 0 radical (unpaired) electrons. The summed E-state index contributed by atoms with van der Waals surface area (Å²) in [6.07, 6.45) is 0. The normalized spacial score (nSPS) is 10.8. The van der Waals surface area contributed by atoms with Crippen LogP contribution in [-0.4, -0.2) is 36.5 Å². The Morgan fingerprint density at radius 2 is 1.68 bits per heavy atom. The van der Waals surface area contributed by atoms with Crippen LogP contribution in [0.4, 0.5) is 5.69 Å². The summed E-state index contributed by atoms with van der Waals surface area (Å²) in [4.78, 5) is 26.4. The van der Waals surface area contributed by atoms with E-state index in [0.717, 1.165) is 5.56 Å². The Hall–Kier alpha value is -2.66. The zero-order valence-corrected chi connectivity index (χ0v) is 14.9. The van der Waals surface area contributed by atoms with Crippen molar-refractivity contribution < 1.29 is 14.3 Å². The molecule has 0 aromatic heterocycles. The molecule has 0 saturated heterocycles. The van der Waals surface area contributed by atoms with Crippen molar-refractivity contribution in [2.24, 2.45) is 0 Å². The molecule has 0 unspecified atom stereocenters. The van der Waals surface area contributed by atoms with Crippen molar-refractivity contribution in [2.75, 3.05) is 19.0 Å². The van der Waals surface area contributed by atoms with Gasteiger partial charge in [0, 0.05) is 12.6 Å². The first kappa shape index (κ1) is 18.7. The molecule has 5 heteroatoms. The van der Waals surface area contributed by atoms with Gasteiger partial charge in [-0.1, -0.05) is 42.5 Å². The van der Waals surface area contributed by atoms with Crippen molar-refractivity contribution in [3.63, 3.8) is 0 Å². The summed E-state index contributed by atoms with van der Waals surface area (Å²) in [5.41, 5.74) is 1.96. The van der Waals surface area contributed by atoms with Crippen LogP contribution in [0.1, 0.15) is 29.8 Å². The van der Waals surface area contributed by atoms with Crippen LogP contribution in [-0.2, 0) is 16.1 Å². The molecule has 1 N–H and O–H groups in total. The second kappa shape index (κ2) is 8.99. The number of esters is 1. The van der Waals surface area contributed by atoms with Crippen molar-refractivity contribution in [3.05, 3.63) is 65.7 Å². The van der Waals surface area contributed by atoms with Crippen molar-refractivity contribution in [1.29, 1.82) is 0 Å². The number of nitrogens with one attached hydrogen (secondary N) is 1. The summed E-state index contributed by atoms with van der Waals surface area (Å²) in [7, 11) is 1.32. The molecule has 0 fully saturated rings. The third kappa shape index (κ3) is 5.43. The number of benzene rings is 2.